The van der Waals surface area contributed by atoms with Gasteiger partial charge >= 0.3 is 6.03 Å². The number of rotatable bonds is 2. The highest BCUT2D eigenvalue weighted by Crippen LogP contribution is 2.23. The number of anilines is 1. The predicted octanol–water partition coefficient (Wildman–Crippen LogP) is 2.01. The van der Waals surface area contributed by atoms with Gasteiger partial charge in [0.15, 0.2) is 0 Å². The fourth-order valence-corrected chi connectivity index (χ4v) is 1.97. The topological polar surface area (TPSA) is 49.4 Å². The van der Waals surface area contributed by atoms with Crippen molar-refractivity contribution in [2.24, 2.45) is 11.8 Å². The Morgan fingerprint density at radius 1 is 1.24 bits per heavy atom. The molecule has 1 fully saturated rings. The number of hydrogen-bond donors (Lipinski definition) is 1. The van der Waals surface area contributed by atoms with Gasteiger partial charge in [0.1, 0.15) is 0 Å². The highest BCUT2D eigenvalue weighted by molar-refractivity contribution is 6.16. The Kier molecular flexibility index (Phi) is 3.13. The number of urea groups is 1. The van der Waals surface area contributed by atoms with Crippen molar-refractivity contribution in [3.8, 4) is 0 Å². The zero-order valence-corrected chi connectivity index (χ0v) is 10.0. The fraction of sp³-hybridized carbons (Fsp3) is 0.385. The van der Waals surface area contributed by atoms with E-state index in [1.54, 1.807) is 12.1 Å². The minimum Gasteiger partial charge on any atom is -0.337 e. The van der Waals surface area contributed by atoms with Gasteiger partial charge < -0.3 is 5.32 Å². The summed E-state index contributed by atoms with van der Waals surface area (Å²) >= 11 is 0. The first-order valence-electron chi connectivity index (χ1n) is 5.78. The maximum Gasteiger partial charge on any atom is 0.328 e. The molecule has 3 amide bonds. The summed E-state index contributed by atoms with van der Waals surface area (Å²) < 4.78 is 0. The molecule has 4 heteroatoms. The quantitative estimate of drug-likeness (QED) is 0.848. The predicted molar refractivity (Wildman–Crippen MR) is 65.7 cm³/mol. The first kappa shape index (κ1) is 11.6. The summed E-state index contributed by atoms with van der Waals surface area (Å²) in [5.74, 6) is -0.0443. The fourth-order valence-electron chi connectivity index (χ4n) is 1.97. The smallest absolute Gasteiger partial charge is 0.328 e. The highest BCUT2D eigenvalue weighted by Gasteiger charge is 2.36. The second-order valence-electron chi connectivity index (χ2n) is 4.55. The normalized spacial score (nSPS) is 20.6. The number of amides is 3. The Bertz CT molecular complexity index is 428. The molecule has 0 aliphatic carbocycles. The largest absolute Gasteiger partial charge is 0.337 e. The van der Waals surface area contributed by atoms with Gasteiger partial charge in [-0.25, -0.2) is 9.69 Å². The number of carbonyl (C=O) groups excluding carboxylic acids is 2. The van der Waals surface area contributed by atoms with E-state index in [1.807, 2.05) is 32.0 Å². The summed E-state index contributed by atoms with van der Waals surface area (Å²) in [5.41, 5.74) is 0.625. The van der Waals surface area contributed by atoms with Crippen molar-refractivity contribution in [3.63, 3.8) is 0 Å². The van der Waals surface area contributed by atoms with Crippen LogP contribution in [0.4, 0.5) is 10.5 Å². The van der Waals surface area contributed by atoms with Crippen LogP contribution >= 0.6 is 0 Å². The summed E-state index contributed by atoms with van der Waals surface area (Å²) in [6, 6.07) is 8.68. The first-order chi connectivity index (χ1) is 8.11. The van der Waals surface area contributed by atoms with E-state index in [9.17, 15) is 9.59 Å². The lowest BCUT2D eigenvalue weighted by molar-refractivity contribution is -0.123. The molecule has 1 aromatic rings. The van der Waals surface area contributed by atoms with Crippen LogP contribution < -0.4 is 10.2 Å². The Labute approximate surface area is 101 Å². The van der Waals surface area contributed by atoms with Gasteiger partial charge in [-0.1, -0.05) is 32.0 Å². The third-order valence-electron chi connectivity index (χ3n) is 3.03. The number of hydrogen-bond acceptors (Lipinski definition) is 2. The van der Waals surface area contributed by atoms with Crippen molar-refractivity contribution in [1.29, 1.82) is 0 Å². The minimum absolute atomic E-state index is 0.116. The van der Waals surface area contributed by atoms with E-state index in [4.69, 9.17) is 0 Å². The van der Waals surface area contributed by atoms with Crippen LogP contribution in [0.15, 0.2) is 30.3 Å². The zero-order chi connectivity index (χ0) is 12.4. The molecule has 1 aliphatic heterocycles. The second-order valence-corrected chi connectivity index (χ2v) is 4.55. The molecule has 1 saturated heterocycles. The molecule has 0 aromatic heterocycles. The number of nitrogens with one attached hydrogen (secondary N) is 1. The molecule has 0 spiro atoms. The summed E-state index contributed by atoms with van der Waals surface area (Å²) in [6.07, 6.45) is 0. The molecule has 1 aliphatic rings. The van der Waals surface area contributed by atoms with Gasteiger partial charge in [-0.05, 0) is 18.1 Å². The van der Waals surface area contributed by atoms with Crippen LogP contribution in [0.3, 0.4) is 0 Å². The van der Waals surface area contributed by atoms with Crippen LogP contribution in [0.1, 0.15) is 13.8 Å². The molecule has 1 heterocycles. The van der Waals surface area contributed by atoms with Gasteiger partial charge in [-0.15, -0.1) is 0 Å². The van der Waals surface area contributed by atoms with Gasteiger partial charge in [0, 0.05) is 6.54 Å². The Hall–Kier alpha value is -1.84. The van der Waals surface area contributed by atoms with Gasteiger partial charge in [0.2, 0.25) is 5.91 Å². The monoisotopic (exact) mass is 232 g/mol. The van der Waals surface area contributed by atoms with E-state index < -0.39 is 0 Å². The average Bonchev–Trinajstić information content (AvgIpc) is 2.30. The molecule has 90 valence electrons. The lowest BCUT2D eigenvalue weighted by Crippen LogP contribution is -2.56. The van der Waals surface area contributed by atoms with E-state index in [1.165, 1.54) is 4.90 Å². The molecule has 0 saturated carbocycles. The lowest BCUT2D eigenvalue weighted by atomic mass is 9.93. The standard InChI is InChI=1S/C13H16N2O2/c1-9(2)11-8-14-13(17)15(12(11)16)10-6-4-3-5-7-10/h3-7,9,11H,8H2,1-2H3,(H,14,17). The molecule has 2 rings (SSSR count). The summed E-state index contributed by atoms with van der Waals surface area (Å²) in [6.45, 7) is 4.41. The molecule has 4 nitrogen and oxygen atoms in total. The van der Waals surface area contributed by atoms with Crippen LogP contribution in [-0.4, -0.2) is 18.5 Å². The molecular formula is C13H16N2O2. The molecule has 1 atom stereocenters. The zero-order valence-electron chi connectivity index (χ0n) is 10.0. The maximum absolute atomic E-state index is 12.2. The van der Waals surface area contributed by atoms with E-state index in [-0.39, 0.29) is 23.8 Å². The summed E-state index contributed by atoms with van der Waals surface area (Å²) in [7, 11) is 0. The van der Waals surface area contributed by atoms with E-state index in [0.717, 1.165) is 0 Å². The lowest BCUT2D eigenvalue weighted by Gasteiger charge is -2.33. The highest BCUT2D eigenvalue weighted by atomic mass is 16.2. The van der Waals surface area contributed by atoms with Crippen LogP contribution in [0.5, 0.6) is 0 Å². The number of carbonyl (C=O) groups is 2. The number of para-hydroxylation sites is 1. The third-order valence-corrected chi connectivity index (χ3v) is 3.03. The number of benzene rings is 1. The number of nitrogens with zero attached hydrogens (tertiary/aromatic N) is 1. The molecule has 0 radical (unpaired) electrons. The van der Waals surface area contributed by atoms with Gasteiger partial charge in [0.25, 0.3) is 0 Å². The SMILES string of the molecule is CC(C)C1CNC(=O)N(c2ccccc2)C1=O. The Balaban J connectivity index is 2.31. The maximum atomic E-state index is 12.2. The van der Waals surface area contributed by atoms with Gasteiger partial charge in [-0.2, -0.15) is 0 Å². The van der Waals surface area contributed by atoms with Crippen molar-refractivity contribution in [2.45, 2.75) is 13.8 Å². The van der Waals surface area contributed by atoms with Crippen LogP contribution in [0.25, 0.3) is 0 Å². The van der Waals surface area contributed by atoms with Gasteiger partial charge in [-0.3, -0.25) is 4.79 Å². The molecule has 1 unspecified atom stereocenters. The number of imide groups is 1. The van der Waals surface area contributed by atoms with Crippen molar-refractivity contribution >= 4 is 17.6 Å². The third kappa shape index (κ3) is 2.16. The summed E-state index contributed by atoms with van der Waals surface area (Å²) in [4.78, 5) is 25.2. The second kappa shape index (κ2) is 4.57. The van der Waals surface area contributed by atoms with Crippen LogP contribution in [-0.2, 0) is 4.79 Å². The molecule has 1 aromatic carbocycles. The van der Waals surface area contributed by atoms with Crippen molar-refractivity contribution in [2.75, 3.05) is 11.4 Å². The van der Waals surface area contributed by atoms with E-state index >= 15 is 0 Å². The van der Waals surface area contributed by atoms with Crippen molar-refractivity contribution < 1.29 is 9.59 Å². The molecule has 0 bridgehead atoms. The van der Waals surface area contributed by atoms with E-state index in [0.29, 0.717) is 12.2 Å². The van der Waals surface area contributed by atoms with Gasteiger partial charge in [0.05, 0.1) is 11.6 Å². The summed E-state index contributed by atoms with van der Waals surface area (Å²) in [5, 5.41) is 2.76. The van der Waals surface area contributed by atoms with Crippen LogP contribution in [0.2, 0.25) is 0 Å². The molecular weight excluding hydrogens is 216 g/mol. The van der Waals surface area contributed by atoms with Crippen molar-refractivity contribution in [1.82, 2.24) is 5.32 Å². The van der Waals surface area contributed by atoms with E-state index in [2.05, 4.69) is 5.32 Å². The Morgan fingerprint density at radius 2 is 1.88 bits per heavy atom. The molecule has 17 heavy (non-hydrogen) atoms. The molecule has 1 N–H and O–H groups in total. The van der Waals surface area contributed by atoms with Crippen molar-refractivity contribution in [3.05, 3.63) is 30.3 Å². The minimum atomic E-state index is -0.335. The average molecular weight is 232 g/mol. The van der Waals surface area contributed by atoms with Crippen LogP contribution in [0, 0.1) is 11.8 Å². The first-order valence-corrected chi connectivity index (χ1v) is 5.78. The Morgan fingerprint density at radius 3 is 2.47 bits per heavy atom.